The van der Waals surface area contributed by atoms with Crippen LogP contribution >= 0.6 is 11.6 Å². The molecular weight excluding hydrogens is 559 g/mol. The summed E-state index contributed by atoms with van der Waals surface area (Å²) in [4.78, 5) is 28.6. The molecule has 1 saturated carbocycles. The normalized spacial score (nSPS) is 19.6. The number of nitrogens with one attached hydrogen (secondary N) is 1. The van der Waals surface area contributed by atoms with Crippen LogP contribution in [0.3, 0.4) is 0 Å². The molecule has 224 valence electrons. The number of amides is 2. The Morgan fingerprint density at radius 3 is 2.46 bits per heavy atom. The number of hydrogen-bond donors (Lipinski definition) is 2. The van der Waals surface area contributed by atoms with Gasteiger partial charge in [-0.2, -0.15) is 13.2 Å². The zero-order valence-electron chi connectivity index (χ0n) is 23.7. The molecule has 2 aromatic rings. The Balaban J connectivity index is 1.34. The van der Waals surface area contributed by atoms with E-state index in [2.05, 4.69) is 10.2 Å². The van der Waals surface area contributed by atoms with Crippen LogP contribution in [0, 0.1) is 11.3 Å². The molecule has 1 spiro atoms. The highest BCUT2D eigenvalue weighted by atomic mass is 35.5. The number of rotatable bonds is 9. The highest BCUT2D eigenvalue weighted by molar-refractivity contribution is 6.34. The molecule has 2 atom stereocenters. The number of likely N-dealkylation sites (N-methyl/N-ethyl adjacent to an activating group) is 1. The average molecular weight is 596 g/mol. The molecular formula is C30H37ClF3N3O4. The monoisotopic (exact) mass is 595 g/mol. The van der Waals surface area contributed by atoms with Gasteiger partial charge in [-0.1, -0.05) is 23.7 Å². The molecule has 0 aromatic heterocycles. The highest BCUT2D eigenvalue weighted by Gasteiger charge is 2.62. The molecule has 2 aliphatic rings. The van der Waals surface area contributed by atoms with Gasteiger partial charge in [-0.3, -0.25) is 9.59 Å². The van der Waals surface area contributed by atoms with E-state index in [0.29, 0.717) is 22.9 Å². The summed E-state index contributed by atoms with van der Waals surface area (Å²) in [5.74, 6) is -1.22. The maximum atomic E-state index is 14.1. The van der Waals surface area contributed by atoms with Crippen molar-refractivity contribution in [3.8, 4) is 5.75 Å². The van der Waals surface area contributed by atoms with E-state index in [-0.39, 0.29) is 29.7 Å². The van der Waals surface area contributed by atoms with Crippen LogP contribution in [0.1, 0.15) is 55.5 Å². The number of ether oxygens (including phenoxy) is 1. The molecule has 2 aromatic carbocycles. The van der Waals surface area contributed by atoms with Crippen molar-refractivity contribution < 1.29 is 32.6 Å². The number of carbonyl (C=O) groups is 2. The Hall–Kier alpha value is -2.98. The fraction of sp³-hybridized carbons (Fsp3) is 0.533. The van der Waals surface area contributed by atoms with Crippen LogP contribution in [0.4, 0.5) is 18.9 Å². The molecule has 2 fully saturated rings. The van der Waals surface area contributed by atoms with Gasteiger partial charge in [-0.15, -0.1) is 0 Å². The first-order chi connectivity index (χ1) is 19.2. The minimum atomic E-state index is -5.21. The topological polar surface area (TPSA) is 82.1 Å². The lowest BCUT2D eigenvalue weighted by atomic mass is 9.89. The first-order valence-electron chi connectivity index (χ1n) is 13.8. The Bertz CT molecular complexity index is 1280. The molecule has 1 heterocycles. The van der Waals surface area contributed by atoms with Gasteiger partial charge in [-0.05, 0) is 81.2 Å². The van der Waals surface area contributed by atoms with Crippen LogP contribution in [0.25, 0.3) is 0 Å². The summed E-state index contributed by atoms with van der Waals surface area (Å²) in [6, 6.07) is 10.3. The lowest BCUT2D eigenvalue weighted by Gasteiger charge is -2.35. The summed E-state index contributed by atoms with van der Waals surface area (Å²) in [5.41, 5.74) is -2.77. The van der Waals surface area contributed by atoms with E-state index in [4.69, 9.17) is 16.3 Å². The van der Waals surface area contributed by atoms with Crippen LogP contribution in [0.2, 0.25) is 5.02 Å². The maximum Gasteiger partial charge on any atom is 0.430 e. The molecule has 0 unspecified atom stereocenters. The lowest BCUT2D eigenvalue weighted by Crippen LogP contribution is -2.55. The van der Waals surface area contributed by atoms with Crippen molar-refractivity contribution in [2.24, 2.45) is 11.3 Å². The minimum absolute atomic E-state index is 0.00436. The summed E-state index contributed by atoms with van der Waals surface area (Å²) in [5, 5.41) is 14.0. The van der Waals surface area contributed by atoms with E-state index in [1.165, 1.54) is 26.3 Å². The standard InChI is InChI=1S/C30H37ClF3N3O4/c1-19(2)35-26(38)24-9-8-22(17-25(24)31)37-14-11-28(12-15-37)18-21(28)10-13-36(3)27(39)29(40,30(32,33)34)20-6-5-7-23(16-20)41-4/h5-9,16-17,19,21,40H,10-15,18H2,1-4H3,(H,35,38)/t21-,29-/m1/s1. The second kappa shape index (κ2) is 11.7. The predicted molar refractivity (Wildman–Crippen MR) is 151 cm³/mol. The first-order valence-corrected chi connectivity index (χ1v) is 14.1. The highest BCUT2D eigenvalue weighted by Crippen LogP contribution is 2.61. The van der Waals surface area contributed by atoms with Gasteiger partial charge in [0.25, 0.3) is 17.4 Å². The van der Waals surface area contributed by atoms with E-state index in [9.17, 15) is 27.9 Å². The Morgan fingerprint density at radius 2 is 1.88 bits per heavy atom. The van der Waals surface area contributed by atoms with Gasteiger partial charge in [0.2, 0.25) is 0 Å². The third-order valence-electron chi connectivity index (χ3n) is 8.47. The first kappa shape index (κ1) is 31.0. The largest absolute Gasteiger partial charge is 0.497 e. The molecule has 2 N–H and O–H groups in total. The Morgan fingerprint density at radius 1 is 1.20 bits per heavy atom. The van der Waals surface area contributed by atoms with Crippen LogP contribution in [0.5, 0.6) is 5.75 Å². The number of halogens is 4. The van der Waals surface area contributed by atoms with Crippen LogP contribution < -0.4 is 15.0 Å². The van der Waals surface area contributed by atoms with Crippen LogP contribution in [-0.2, 0) is 10.4 Å². The van der Waals surface area contributed by atoms with Gasteiger partial charge in [0, 0.05) is 44.0 Å². The second-order valence-corrected chi connectivity index (χ2v) is 11.9. The molecule has 0 radical (unpaired) electrons. The smallest absolute Gasteiger partial charge is 0.430 e. The quantitative estimate of drug-likeness (QED) is 0.406. The number of nitrogens with zero attached hydrogens (tertiary/aromatic N) is 2. The second-order valence-electron chi connectivity index (χ2n) is 11.5. The Kier molecular flexibility index (Phi) is 8.85. The molecule has 0 bridgehead atoms. The van der Waals surface area contributed by atoms with Gasteiger partial charge in [0.1, 0.15) is 5.75 Å². The minimum Gasteiger partial charge on any atom is -0.497 e. The average Bonchev–Trinajstić information content (AvgIpc) is 3.60. The van der Waals surface area contributed by atoms with Crippen molar-refractivity contribution in [2.45, 2.75) is 57.3 Å². The summed E-state index contributed by atoms with van der Waals surface area (Å²) >= 11 is 6.42. The predicted octanol–water partition coefficient (Wildman–Crippen LogP) is 5.39. The SMILES string of the molecule is COc1cccc([C@@](O)(C(=O)N(C)CC[C@@H]2CC23CCN(c2ccc(C(=O)NC(C)C)c(Cl)c2)CC3)C(F)(F)F)c1. The molecule has 2 amide bonds. The number of piperidine rings is 1. The number of hydrogen-bond acceptors (Lipinski definition) is 5. The molecule has 4 rings (SSSR count). The van der Waals surface area contributed by atoms with Crippen molar-refractivity contribution in [1.82, 2.24) is 10.2 Å². The summed E-state index contributed by atoms with van der Waals surface area (Å²) in [7, 11) is 2.60. The number of aliphatic hydroxyl groups is 1. The third-order valence-corrected chi connectivity index (χ3v) is 8.78. The fourth-order valence-electron chi connectivity index (χ4n) is 5.87. The Labute approximate surface area is 243 Å². The zero-order chi connectivity index (χ0) is 30.2. The van der Waals surface area contributed by atoms with Crippen molar-refractivity contribution in [1.29, 1.82) is 0 Å². The molecule has 1 saturated heterocycles. The van der Waals surface area contributed by atoms with Gasteiger partial charge in [-0.25, -0.2) is 0 Å². The van der Waals surface area contributed by atoms with Gasteiger partial charge < -0.3 is 25.0 Å². The number of anilines is 1. The summed E-state index contributed by atoms with van der Waals surface area (Å²) < 4.78 is 47.2. The van der Waals surface area contributed by atoms with Gasteiger partial charge in [0.15, 0.2) is 0 Å². The van der Waals surface area contributed by atoms with Crippen LogP contribution in [-0.4, -0.2) is 67.8 Å². The number of benzene rings is 2. The maximum absolute atomic E-state index is 14.1. The molecule has 1 aliphatic heterocycles. The van der Waals surface area contributed by atoms with Crippen molar-refractivity contribution in [3.05, 3.63) is 58.6 Å². The molecule has 1 aliphatic carbocycles. The van der Waals surface area contributed by atoms with E-state index >= 15 is 0 Å². The summed E-state index contributed by atoms with van der Waals surface area (Å²) in [6.07, 6.45) is -1.87. The number of methoxy groups -OCH3 is 1. The van der Waals surface area contributed by atoms with Crippen molar-refractivity contribution in [2.75, 3.05) is 38.7 Å². The van der Waals surface area contributed by atoms with E-state index in [1.807, 2.05) is 26.0 Å². The fourth-order valence-corrected chi connectivity index (χ4v) is 6.13. The van der Waals surface area contributed by atoms with Crippen molar-refractivity contribution in [3.63, 3.8) is 0 Å². The van der Waals surface area contributed by atoms with E-state index in [1.54, 1.807) is 6.07 Å². The number of carbonyl (C=O) groups excluding carboxylic acids is 2. The van der Waals surface area contributed by atoms with Gasteiger partial charge in [0.05, 0.1) is 17.7 Å². The zero-order valence-corrected chi connectivity index (χ0v) is 24.5. The van der Waals surface area contributed by atoms with Gasteiger partial charge >= 0.3 is 6.18 Å². The lowest BCUT2D eigenvalue weighted by molar-refractivity contribution is -0.261. The van der Waals surface area contributed by atoms with E-state index < -0.39 is 23.2 Å². The number of alkyl halides is 3. The van der Waals surface area contributed by atoms with E-state index in [0.717, 1.165) is 55.1 Å². The molecule has 11 heteroatoms. The molecule has 41 heavy (non-hydrogen) atoms. The van der Waals surface area contributed by atoms with Crippen molar-refractivity contribution >= 4 is 29.1 Å². The third kappa shape index (κ3) is 6.28. The molecule has 7 nitrogen and oxygen atoms in total. The van der Waals surface area contributed by atoms with Crippen LogP contribution in [0.15, 0.2) is 42.5 Å². The summed E-state index contributed by atoms with van der Waals surface area (Å²) in [6.45, 7) is 5.46.